The quantitative estimate of drug-likeness (QED) is 0.809. The van der Waals surface area contributed by atoms with E-state index in [1.165, 1.54) is 22.5 Å². The molecule has 1 fully saturated rings. The lowest BCUT2D eigenvalue weighted by Gasteiger charge is -2.25. The maximum absolute atomic E-state index is 13.8. The number of halogens is 2. The molecule has 0 bridgehead atoms. The SMILES string of the molecule is O=C(NCc1ccc(S(=O)(=O)N2CCOCC2)s1)c1c(F)cccc1Cl. The summed E-state index contributed by atoms with van der Waals surface area (Å²) in [6, 6.07) is 7.13. The number of rotatable bonds is 5. The van der Waals surface area contributed by atoms with Crippen LogP contribution in [0.5, 0.6) is 0 Å². The lowest BCUT2D eigenvalue weighted by Crippen LogP contribution is -2.40. The summed E-state index contributed by atoms with van der Waals surface area (Å²) in [4.78, 5) is 12.8. The first-order valence-corrected chi connectivity index (χ1v) is 10.4. The standard InChI is InChI=1S/C16H16ClFN2O4S2/c17-12-2-1-3-13(18)15(12)16(21)19-10-11-4-5-14(25-11)26(22,23)20-6-8-24-9-7-20/h1-5H,6-10H2,(H,19,21). The van der Waals surface area contributed by atoms with Gasteiger partial charge in [0.05, 0.1) is 30.3 Å². The molecule has 1 amide bonds. The molecule has 0 spiro atoms. The lowest BCUT2D eigenvalue weighted by atomic mass is 10.2. The maximum Gasteiger partial charge on any atom is 0.256 e. The number of ether oxygens (including phenoxy) is 1. The number of morpholine rings is 1. The van der Waals surface area contributed by atoms with Crippen molar-refractivity contribution in [1.82, 2.24) is 9.62 Å². The molecule has 0 unspecified atom stereocenters. The van der Waals surface area contributed by atoms with E-state index in [0.717, 1.165) is 17.4 Å². The second-order valence-corrected chi connectivity index (χ2v) is 9.26. The Hall–Kier alpha value is -1.52. The van der Waals surface area contributed by atoms with Crippen LogP contribution in [0.2, 0.25) is 5.02 Å². The number of hydrogen-bond donors (Lipinski definition) is 1. The van der Waals surface area contributed by atoms with Crippen LogP contribution in [-0.4, -0.2) is 44.9 Å². The van der Waals surface area contributed by atoms with Crippen LogP contribution in [0.3, 0.4) is 0 Å². The van der Waals surface area contributed by atoms with Gasteiger partial charge in [-0.3, -0.25) is 4.79 Å². The summed E-state index contributed by atoms with van der Waals surface area (Å²) in [5.41, 5.74) is -0.230. The van der Waals surface area contributed by atoms with Crippen molar-refractivity contribution in [3.05, 3.63) is 51.6 Å². The minimum atomic E-state index is -3.57. The zero-order valence-electron chi connectivity index (χ0n) is 13.6. The van der Waals surface area contributed by atoms with Gasteiger partial charge in [0.15, 0.2) is 0 Å². The third kappa shape index (κ3) is 4.07. The fourth-order valence-electron chi connectivity index (χ4n) is 2.48. The number of nitrogens with zero attached hydrogens (tertiary/aromatic N) is 1. The van der Waals surface area contributed by atoms with Crippen LogP contribution in [0.4, 0.5) is 4.39 Å². The van der Waals surface area contributed by atoms with Gasteiger partial charge in [-0.15, -0.1) is 11.3 Å². The molecule has 26 heavy (non-hydrogen) atoms. The van der Waals surface area contributed by atoms with E-state index in [0.29, 0.717) is 31.2 Å². The van der Waals surface area contributed by atoms with Gasteiger partial charge in [0.2, 0.25) is 0 Å². The Morgan fingerprint density at radius 2 is 2.00 bits per heavy atom. The van der Waals surface area contributed by atoms with Crippen LogP contribution in [0.15, 0.2) is 34.5 Å². The fourth-order valence-corrected chi connectivity index (χ4v) is 5.58. The smallest absolute Gasteiger partial charge is 0.256 e. The van der Waals surface area contributed by atoms with E-state index in [1.807, 2.05) is 0 Å². The first-order valence-electron chi connectivity index (χ1n) is 7.78. The van der Waals surface area contributed by atoms with Crippen molar-refractivity contribution in [2.24, 2.45) is 0 Å². The molecule has 0 radical (unpaired) electrons. The van der Waals surface area contributed by atoms with Gasteiger partial charge in [0, 0.05) is 18.0 Å². The Morgan fingerprint density at radius 1 is 1.27 bits per heavy atom. The van der Waals surface area contributed by atoms with E-state index in [9.17, 15) is 17.6 Å². The van der Waals surface area contributed by atoms with Crippen LogP contribution < -0.4 is 5.32 Å². The first kappa shape index (κ1) is 19.2. The molecule has 2 heterocycles. The summed E-state index contributed by atoms with van der Waals surface area (Å²) in [7, 11) is -3.57. The van der Waals surface area contributed by atoms with Crippen molar-refractivity contribution in [1.29, 1.82) is 0 Å². The van der Waals surface area contributed by atoms with Gasteiger partial charge < -0.3 is 10.1 Å². The van der Waals surface area contributed by atoms with E-state index < -0.39 is 21.7 Å². The van der Waals surface area contributed by atoms with E-state index in [2.05, 4.69) is 5.32 Å². The van der Waals surface area contributed by atoms with E-state index in [-0.39, 0.29) is 21.3 Å². The molecule has 3 rings (SSSR count). The van der Waals surface area contributed by atoms with Crippen LogP contribution in [0.1, 0.15) is 15.2 Å². The molecule has 1 aliphatic rings. The Labute approximate surface area is 159 Å². The molecule has 6 nitrogen and oxygen atoms in total. The normalized spacial score (nSPS) is 15.8. The molecule has 1 N–H and O–H groups in total. The Morgan fingerprint density at radius 3 is 2.69 bits per heavy atom. The van der Waals surface area contributed by atoms with Gasteiger partial charge in [-0.1, -0.05) is 17.7 Å². The number of carbonyl (C=O) groups excluding carboxylic acids is 1. The van der Waals surface area contributed by atoms with Gasteiger partial charge in [-0.2, -0.15) is 4.31 Å². The molecule has 0 atom stereocenters. The molecule has 1 aromatic carbocycles. The number of benzene rings is 1. The Balaban J connectivity index is 1.68. The topological polar surface area (TPSA) is 75.7 Å². The van der Waals surface area contributed by atoms with Gasteiger partial charge >= 0.3 is 0 Å². The molecule has 0 saturated carbocycles. The Bertz CT molecular complexity index is 890. The highest BCUT2D eigenvalue weighted by Crippen LogP contribution is 2.26. The van der Waals surface area contributed by atoms with Gasteiger partial charge in [-0.25, -0.2) is 12.8 Å². The van der Waals surface area contributed by atoms with Crippen molar-refractivity contribution in [2.45, 2.75) is 10.8 Å². The second kappa shape index (κ2) is 8.01. The van der Waals surface area contributed by atoms with Crippen molar-refractivity contribution >= 4 is 38.9 Å². The van der Waals surface area contributed by atoms with E-state index >= 15 is 0 Å². The van der Waals surface area contributed by atoms with Gasteiger partial charge in [-0.05, 0) is 24.3 Å². The Kier molecular flexibility index (Phi) is 5.93. The number of sulfonamides is 1. The number of amides is 1. The number of nitrogens with one attached hydrogen (secondary N) is 1. The maximum atomic E-state index is 13.8. The summed E-state index contributed by atoms with van der Waals surface area (Å²) < 4.78 is 45.7. The van der Waals surface area contributed by atoms with Crippen molar-refractivity contribution in [2.75, 3.05) is 26.3 Å². The zero-order valence-corrected chi connectivity index (χ0v) is 16.0. The predicted molar refractivity (Wildman–Crippen MR) is 96.5 cm³/mol. The average molecular weight is 419 g/mol. The molecule has 10 heteroatoms. The molecule has 140 valence electrons. The molecule has 1 aliphatic heterocycles. The summed E-state index contributed by atoms with van der Waals surface area (Å²) >= 11 is 6.93. The van der Waals surface area contributed by atoms with Crippen molar-refractivity contribution in [3.8, 4) is 0 Å². The van der Waals surface area contributed by atoms with Crippen LogP contribution in [0, 0.1) is 5.82 Å². The monoisotopic (exact) mass is 418 g/mol. The third-order valence-electron chi connectivity index (χ3n) is 3.81. The fraction of sp³-hybridized carbons (Fsp3) is 0.312. The van der Waals surface area contributed by atoms with Crippen molar-refractivity contribution in [3.63, 3.8) is 0 Å². The zero-order chi connectivity index (χ0) is 18.7. The number of hydrogen-bond acceptors (Lipinski definition) is 5. The van der Waals surface area contributed by atoms with E-state index in [1.54, 1.807) is 6.07 Å². The van der Waals surface area contributed by atoms with Crippen molar-refractivity contribution < 1.29 is 22.3 Å². The summed E-state index contributed by atoms with van der Waals surface area (Å²) in [5, 5.41) is 2.58. The summed E-state index contributed by atoms with van der Waals surface area (Å²) in [6.45, 7) is 1.46. The van der Waals surface area contributed by atoms with Crippen LogP contribution in [-0.2, 0) is 21.3 Å². The molecule has 2 aromatic rings. The minimum Gasteiger partial charge on any atom is -0.379 e. The largest absolute Gasteiger partial charge is 0.379 e. The minimum absolute atomic E-state index is 0.0178. The van der Waals surface area contributed by atoms with Gasteiger partial charge in [0.25, 0.3) is 15.9 Å². The van der Waals surface area contributed by atoms with Crippen LogP contribution in [0.25, 0.3) is 0 Å². The van der Waals surface area contributed by atoms with Gasteiger partial charge in [0.1, 0.15) is 10.0 Å². The second-order valence-electron chi connectivity index (χ2n) is 5.52. The molecule has 0 aliphatic carbocycles. The third-order valence-corrected chi connectivity index (χ3v) is 7.58. The summed E-state index contributed by atoms with van der Waals surface area (Å²) in [5.74, 6) is -1.36. The highest BCUT2D eigenvalue weighted by Gasteiger charge is 2.27. The lowest BCUT2D eigenvalue weighted by molar-refractivity contribution is 0.0731. The summed E-state index contributed by atoms with van der Waals surface area (Å²) in [6.07, 6.45) is 0. The molecule has 1 aromatic heterocycles. The highest BCUT2D eigenvalue weighted by molar-refractivity contribution is 7.91. The molecular weight excluding hydrogens is 403 g/mol. The number of thiophene rings is 1. The van der Waals surface area contributed by atoms with E-state index in [4.69, 9.17) is 16.3 Å². The van der Waals surface area contributed by atoms with Crippen LogP contribution >= 0.6 is 22.9 Å². The molecule has 1 saturated heterocycles. The first-order chi connectivity index (χ1) is 12.4. The number of carbonyl (C=O) groups is 1. The predicted octanol–water partition coefficient (Wildman–Crippen LogP) is 2.49. The molecular formula is C16H16ClFN2O4S2. The highest BCUT2D eigenvalue weighted by atomic mass is 35.5. The average Bonchev–Trinajstić information content (AvgIpc) is 3.10.